The lowest BCUT2D eigenvalue weighted by Gasteiger charge is -2.09. The first-order valence-electron chi connectivity index (χ1n) is 7.80. The molecule has 0 saturated carbocycles. The van der Waals surface area contributed by atoms with Gasteiger partial charge in [-0.15, -0.1) is 0 Å². The fourth-order valence-electron chi connectivity index (χ4n) is 2.23. The van der Waals surface area contributed by atoms with Crippen molar-refractivity contribution in [2.24, 2.45) is 0 Å². The predicted octanol–water partition coefficient (Wildman–Crippen LogP) is 3.14. The summed E-state index contributed by atoms with van der Waals surface area (Å²) in [6.45, 7) is 0.578. The number of ether oxygens (including phenoxy) is 1. The monoisotopic (exact) mass is 354 g/mol. The van der Waals surface area contributed by atoms with Gasteiger partial charge in [-0.2, -0.15) is 0 Å². The molecular formula is C19H18N2O3S. The Morgan fingerprint density at radius 3 is 2.28 bits per heavy atom. The molecule has 0 spiro atoms. The van der Waals surface area contributed by atoms with Crippen LogP contribution in [-0.2, 0) is 23.2 Å². The first kappa shape index (κ1) is 17.1. The molecule has 0 aliphatic rings. The summed E-state index contributed by atoms with van der Waals surface area (Å²) in [5, 5.41) is 0. The molecule has 5 nitrogen and oxygen atoms in total. The molecule has 0 radical (unpaired) electrons. The van der Waals surface area contributed by atoms with Gasteiger partial charge in [0.25, 0.3) is 0 Å². The summed E-state index contributed by atoms with van der Waals surface area (Å²) < 4.78 is 32.7. The second-order valence-corrected chi connectivity index (χ2v) is 7.18. The van der Waals surface area contributed by atoms with E-state index in [0.717, 1.165) is 11.1 Å². The lowest BCUT2D eigenvalue weighted by Crippen LogP contribution is -2.23. The van der Waals surface area contributed by atoms with Gasteiger partial charge in [-0.05, 0) is 29.3 Å². The van der Waals surface area contributed by atoms with Crippen LogP contribution in [0.4, 0.5) is 0 Å². The number of rotatable bonds is 7. The zero-order valence-electron chi connectivity index (χ0n) is 13.5. The average Bonchev–Trinajstić information content (AvgIpc) is 2.67. The highest BCUT2D eigenvalue weighted by molar-refractivity contribution is 7.89. The molecule has 0 saturated heterocycles. The SMILES string of the molecule is O=S(=O)(NCc1ccnc(OCc2ccccc2)c1)c1ccccc1. The molecular weight excluding hydrogens is 336 g/mol. The second kappa shape index (κ2) is 7.92. The van der Waals surface area contributed by atoms with Crippen LogP contribution in [0.25, 0.3) is 0 Å². The van der Waals surface area contributed by atoms with Crippen LogP contribution in [0.5, 0.6) is 5.88 Å². The molecule has 0 aliphatic carbocycles. The highest BCUT2D eigenvalue weighted by Crippen LogP contribution is 2.13. The molecule has 0 atom stereocenters. The maximum Gasteiger partial charge on any atom is 0.240 e. The molecule has 0 fully saturated rings. The van der Waals surface area contributed by atoms with E-state index in [4.69, 9.17) is 4.74 Å². The van der Waals surface area contributed by atoms with Gasteiger partial charge in [0.15, 0.2) is 0 Å². The maximum absolute atomic E-state index is 12.2. The van der Waals surface area contributed by atoms with Gasteiger partial charge in [0.2, 0.25) is 15.9 Å². The van der Waals surface area contributed by atoms with Gasteiger partial charge in [-0.25, -0.2) is 18.1 Å². The van der Waals surface area contributed by atoms with Gasteiger partial charge < -0.3 is 4.74 Å². The lowest BCUT2D eigenvalue weighted by atomic mass is 10.2. The van der Waals surface area contributed by atoms with Gasteiger partial charge in [-0.3, -0.25) is 0 Å². The Kier molecular flexibility index (Phi) is 5.42. The van der Waals surface area contributed by atoms with Crippen molar-refractivity contribution >= 4 is 10.0 Å². The molecule has 0 amide bonds. The summed E-state index contributed by atoms with van der Waals surface area (Å²) in [6, 6.07) is 21.5. The van der Waals surface area contributed by atoms with E-state index in [1.165, 1.54) is 0 Å². The molecule has 1 N–H and O–H groups in total. The average molecular weight is 354 g/mol. The van der Waals surface area contributed by atoms with Crippen molar-refractivity contribution in [2.45, 2.75) is 18.0 Å². The molecule has 0 bridgehead atoms. The number of aromatic nitrogens is 1. The van der Waals surface area contributed by atoms with Gasteiger partial charge >= 0.3 is 0 Å². The minimum absolute atomic E-state index is 0.168. The number of pyridine rings is 1. The Bertz CT molecular complexity index is 914. The zero-order chi connectivity index (χ0) is 17.5. The number of sulfonamides is 1. The zero-order valence-corrected chi connectivity index (χ0v) is 14.3. The molecule has 0 unspecified atom stereocenters. The van der Waals surface area contributed by atoms with Crippen LogP contribution in [0.15, 0.2) is 83.9 Å². The van der Waals surface area contributed by atoms with Gasteiger partial charge in [-0.1, -0.05) is 48.5 Å². The van der Waals surface area contributed by atoms with Crippen LogP contribution in [-0.4, -0.2) is 13.4 Å². The van der Waals surface area contributed by atoms with Crippen molar-refractivity contribution in [2.75, 3.05) is 0 Å². The van der Waals surface area contributed by atoms with Crippen molar-refractivity contribution in [3.05, 3.63) is 90.1 Å². The molecule has 25 heavy (non-hydrogen) atoms. The van der Waals surface area contributed by atoms with E-state index in [0.29, 0.717) is 12.5 Å². The van der Waals surface area contributed by atoms with E-state index in [1.54, 1.807) is 48.7 Å². The van der Waals surface area contributed by atoms with E-state index in [1.807, 2.05) is 30.3 Å². The topological polar surface area (TPSA) is 68.3 Å². The lowest BCUT2D eigenvalue weighted by molar-refractivity contribution is 0.293. The maximum atomic E-state index is 12.2. The fourth-order valence-corrected chi connectivity index (χ4v) is 3.27. The summed E-state index contributed by atoms with van der Waals surface area (Å²) >= 11 is 0. The number of hydrogen-bond acceptors (Lipinski definition) is 4. The van der Waals surface area contributed by atoms with Crippen molar-refractivity contribution < 1.29 is 13.2 Å². The van der Waals surface area contributed by atoms with E-state index >= 15 is 0 Å². The van der Waals surface area contributed by atoms with E-state index < -0.39 is 10.0 Å². The third kappa shape index (κ3) is 4.89. The smallest absolute Gasteiger partial charge is 0.240 e. The quantitative estimate of drug-likeness (QED) is 0.708. The Morgan fingerprint density at radius 1 is 0.880 bits per heavy atom. The second-order valence-electron chi connectivity index (χ2n) is 5.41. The fraction of sp³-hybridized carbons (Fsp3) is 0.105. The Labute approximate surface area is 147 Å². The van der Waals surface area contributed by atoms with Crippen molar-refractivity contribution in [1.29, 1.82) is 0 Å². The molecule has 3 aromatic rings. The number of nitrogens with zero attached hydrogens (tertiary/aromatic N) is 1. The summed E-state index contributed by atoms with van der Waals surface area (Å²) in [4.78, 5) is 4.40. The number of hydrogen-bond donors (Lipinski definition) is 1. The third-order valence-corrected chi connectivity index (χ3v) is 4.97. The van der Waals surface area contributed by atoms with Crippen LogP contribution in [0, 0.1) is 0 Å². The Hall–Kier alpha value is -2.70. The minimum atomic E-state index is -3.54. The third-order valence-electron chi connectivity index (χ3n) is 3.55. The molecule has 1 aromatic heterocycles. The first-order chi connectivity index (χ1) is 12.1. The van der Waals surface area contributed by atoms with Gasteiger partial charge in [0, 0.05) is 18.8 Å². The van der Waals surface area contributed by atoms with Gasteiger partial charge in [0.1, 0.15) is 6.61 Å². The molecule has 2 aromatic carbocycles. The molecule has 3 rings (SSSR count). The van der Waals surface area contributed by atoms with Crippen LogP contribution >= 0.6 is 0 Å². The summed E-state index contributed by atoms with van der Waals surface area (Å²) in [7, 11) is -3.54. The van der Waals surface area contributed by atoms with Crippen LogP contribution in [0.2, 0.25) is 0 Å². The van der Waals surface area contributed by atoms with Crippen molar-refractivity contribution in [3.8, 4) is 5.88 Å². The highest BCUT2D eigenvalue weighted by atomic mass is 32.2. The van der Waals surface area contributed by atoms with Crippen LogP contribution < -0.4 is 9.46 Å². The summed E-state index contributed by atoms with van der Waals surface area (Å²) in [6.07, 6.45) is 1.60. The highest BCUT2D eigenvalue weighted by Gasteiger charge is 2.12. The molecule has 6 heteroatoms. The van der Waals surface area contributed by atoms with E-state index in [9.17, 15) is 8.42 Å². The first-order valence-corrected chi connectivity index (χ1v) is 9.28. The largest absolute Gasteiger partial charge is 0.473 e. The predicted molar refractivity (Wildman–Crippen MR) is 95.5 cm³/mol. The normalized spacial score (nSPS) is 11.2. The minimum Gasteiger partial charge on any atom is -0.473 e. The Morgan fingerprint density at radius 2 is 1.56 bits per heavy atom. The molecule has 0 aliphatic heterocycles. The Balaban J connectivity index is 1.62. The van der Waals surface area contributed by atoms with Gasteiger partial charge in [0.05, 0.1) is 4.90 Å². The van der Waals surface area contributed by atoms with Crippen molar-refractivity contribution in [3.63, 3.8) is 0 Å². The molecule has 128 valence electrons. The molecule has 1 heterocycles. The summed E-state index contributed by atoms with van der Waals surface area (Å²) in [5.41, 5.74) is 1.82. The number of nitrogens with one attached hydrogen (secondary N) is 1. The van der Waals surface area contributed by atoms with E-state index in [2.05, 4.69) is 9.71 Å². The number of benzene rings is 2. The van der Waals surface area contributed by atoms with Crippen molar-refractivity contribution in [1.82, 2.24) is 9.71 Å². The summed E-state index contributed by atoms with van der Waals surface area (Å²) in [5.74, 6) is 0.459. The van der Waals surface area contributed by atoms with Crippen LogP contribution in [0.1, 0.15) is 11.1 Å². The standard InChI is InChI=1S/C19H18N2O3S/c22-25(23,18-9-5-2-6-10-18)21-14-17-11-12-20-19(13-17)24-15-16-7-3-1-4-8-16/h1-13,21H,14-15H2. The van der Waals surface area contributed by atoms with E-state index in [-0.39, 0.29) is 11.4 Å². The van der Waals surface area contributed by atoms with Crippen LogP contribution in [0.3, 0.4) is 0 Å².